The van der Waals surface area contributed by atoms with E-state index in [0.29, 0.717) is 0 Å². The third-order valence-electron chi connectivity index (χ3n) is 3.05. The van der Waals surface area contributed by atoms with Crippen molar-refractivity contribution in [3.8, 4) is 0 Å². The van der Waals surface area contributed by atoms with Crippen LogP contribution in [0, 0.1) is 0 Å². The van der Waals surface area contributed by atoms with Gasteiger partial charge in [-0.2, -0.15) is 0 Å². The Hall–Kier alpha value is -0.440. The summed E-state index contributed by atoms with van der Waals surface area (Å²) in [5, 5.41) is 5.00. The molecule has 0 unspecified atom stereocenters. The Morgan fingerprint density at radius 2 is 1.88 bits per heavy atom. The van der Waals surface area contributed by atoms with Gasteiger partial charge in [0.15, 0.2) is 0 Å². The smallest absolute Gasteiger partial charge is 0.0745 e. The number of halogens is 2. The molecule has 1 heterocycles. The van der Waals surface area contributed by atoms with Crippen LogP contribution in [0.2, 0.25) is 10.0 Å². The van der Waals surface area contributed by atoms with Crippen molar-refractivity contribution in [1.29, 1.82) is 0 Å². The van der Waals surface area contributed by atoms with E-state index in [2.05, 4.69) is 24.1 Å². The average molecular weight is 273 g/mol. The Morgan fingerprint density at radius 1 is 1.24 bits per heavy atom. The number of nitrogens with one attached hydrogen (secondary N) is 1. The molecule has 0 radical (unpaired) electrons. The van der Waals surface area contributed by atoms with E-state index in [1.165, 1.54) is 0 Å². The second-order valence-corrected chi connectivity index (χ2v) is 5.97. The number of rotatable bonds is 1. The van der Waals surface area contributed by atoms with E-state index in [-0.39, 0.29) is 5.54 Å². The summed E-state index contributed by atoms with van der Waals surface area (Å²) < 4.78 is 0. The maximum Gasteiger partial charge on any atom is 0.0745 e. The Kier molecular flexibility index (Phi) is 3.86. The highest BCUT2D eigenvalue weighted by Crippen LogP contribution is 2.34. The molecule has 1 aromatic carbocycles. The van der Waals surface area contributed by atoms with Crippen LogP contribution in [0.15, 0.2) is 18.2 Å². The molecule has 1 aliphatic heterocycles. The molecule has 0 aromatic heterocycles. The van der Waals surface area contributed by atoms with Crippen LogP contribution in [-0.2, 0) is 0 Å². The van der Waals surface area contributed by atoms with Gasteiger partial charge in [-0.3, -0.25) is 0 Å². The monoisotopic (exact) mass is 272 g/mol. The highest BCUT2D eigenvalue weighted by molar-refractivity contribution is 6.39. The van der Waals surface area contributed by atoms with Crippen LogP contribution in [0.1, 0.15) is 20.3 Å². The molecular formula is C13H18Cl2N2. The zero-order chi connectivity index (χ0) is 12.5. The van der Waals surface area contributed by atoms with Gasteiger partial charge < -0.3 is 10.2 Å². The summed E-state index contributed by atoms with van der Waals surface area (Å²) in [5.41, 5.74) is 1.05. The van der Waals surface area contributed by atoms with Crippen molar-refractivity contribution in [2.24, 2.45) is 0 Å². The van der Waals surface area contributed by atoms with Gasteiger partial charge in [0.05, 0.1) is 15.7 Å². The van der Waals surface area contributed by atoms with E-state index in [1.807, 2.05) is 18.2 Å². The molecule has 0 aliphatic carbocycles. The molecule has 1 fully saturated rings. The quantitative estimate of drug-likeness (QED) is 0.841. The maximum atomic E-state index is 6.26. The van der Waals surface area contributed by atoms with Gasteiger partial charge >= 0.3 is 0 Å². The summed E-state index contributed by atoms with van der Waals surface area (Å²) in [5.74, 6) is 0. The third-order valence-corrected chi connectivity index (χ3v) is 3.66. The number of hydrogen-bond donors (Lipinski definition) is 1. The number of benzene rings is 1. The Morgan fingerprint density at radius 3 is 2.53 bits per heavy atom. The minimum atomic E-state index is 0.0823. The molecule has 0 bridgehead atoms. The zero-order valence-electron chi connectivity index (χ0n) is 10.3. The van der Waals surface area contributed by atoms with Crippen molar-refractivity contribution in [3.63, 3.8) is 0 Å². The standard InChI is InChI=1S/C13H18Cl2N2/c1-13(2)9-17(8-4-7-16-13)12-10(14)5-3-6-11(12)15/h3,5-6,16H,4,7-9H2,1-2H3. The van der Waals surface area contributed by atoms with Crippen LogP contribution < -0.4 is 10.2 Å². The third kappa shape index (κ3) is 3.06. The molecular weight excluding hydrogens is 255 g/mol. The topological polar surface area (TPSA) is 15.3 Å². The Bertz CT molecular complexity index is 384. The van der Waals surface area contributed by atoms with E-state index >= 15 is 0 Å². The first-order valence-electron chi connectivity index (χ1n) is 5.94. The first kappa shape index (κ1) is 13.0. The predicted molar refractivity (Wildman–Crippen MR) is 75.4 cm³/mol. The van der Waals surface area contributed by atoms with Crippen LogP contribution in [0.25, 0.3) is 0 Å². The molecule has 1 N–H and O–H groups in total. The van der Waals surface area contributed by atoms with Gasteiger partial charge in [0, 0.05) is 18.6 Å². The van der Waals surface area contributed by atoms with Gasteiger partial charge in [-0.25, -0.2) is 0 Å². The Balaban J connectivity index is 2.32. The van der Waals surface area contributed by atoms with Gasteiger partial charge in [0.2, 0.25) is 0 Å². The lowest BCUT2D eigenvalue weighted by molar-refractivity contribution is 0.416. The van der Waals surface area contributed by atoms with Gasteiger partial charge in [0.25, 0.3) is 0 Å². The fourth-order valence-corrected chi connectivity index (χ4v) is 2.93. The van der Waals surface area contributed by atoms with Crippen molar-refractivity contribution in [2.75, 3.05) is 24.5 Å². The Labute approximate surface area is 113 Å². The van der Waals surface area contributed by atoms with Crippen molar-refractivity contribution in [3.05, 3.63) is 28.2 Å². The van der Waals surface area contributed by atoms with E-state index in [0.717, 1.165) is 41.8 Å². The van der Waals surface area contributed by atoms with Crippen LogP contribution in [-0.4, -0.2) is 25.2 Å². The number of anilines is 1. The highest BCUT2D eigenvalue weighted by Gasteiger charge is 2.26. The molecule has 0 spiro atoms. The van der Waals surface area contributed by atoms with Gasteiger partial charge in [-0.15, -0.1) is 0 Å². The molecule has 17 heavy (non-hydrogen) atoms. The predicted octanol–water partition coefficient (Wildman–Crippen LogP) is 3.57. The molecule has 2 rings (SSSR count). The summed E-state index contributed by atoms with van der Waals surface area (Å²) in [7, 11) is 0. The lowest BCUT2D eigenvalue weighted by Crippen LogP contribution is -2.46. The van der Waals surface area contributed by atoms with Crippen molar-refractivity contribution in [2.45, 2.75) is 25.8 Å². The summed E-state index contributed by atoms with van der Waals surface area (Å²) in [6, 6.07) is 5.68. The first-order chi connectivity index (χ1) is 7.99. The number of hydrogen-bond acceptors (Lipinski definition) is 2. The molecule has 4 heteroatoms. The minimum Gasteiger partial charge on any atom is -0.367 e. The number of nitrogens with zero attached hydrogens (tertiary/aromatic N) is 1. The largest absolute Gasteiger partial charge is 0.367 e. The van der Waals surface area contributed by atoms with E-state index in [9.17, 15) is 0 Å². The van der Waals surface area contributed by atoms with E-state index in [4.69, 9.17) is 23.2 Å². The summed E-state index contributed by atoms with van der Waals surface area (Å²) in [6.45, 7) is 7.34. The molecule has 1 aromatic rings. The van der Waals surface area contributed by atoms with Gasteiger partial charge in [-0.1, -0.05) is 29.3 Å². The van der Waals surface area contributed by atoms with E-state index < -0.39 is 0 Å². The van der Waals surface area contributed by atoms with Crippen molar-refractivity contribution < 1.29 is 0 Å². The van der Waals surface area contributed by atoms with Crippen LogP contribution in [0.5, 0.6) is 0 Å². The molecule has 0 atom stereocenters. The number of para-hydroxylation sites is 1. The SMILES string of the molecule is CC1(C)CN(c2c(Cl)cccc2Cl)CCCN1. The maximum absolute atomic E-state index is 6.26. The molecule has 0 saturated carbocycles. The highest BCUT2D eigenvalue weighted by atomic mass is 35.5. The lowest BCUT2D eigenvalue weighted by Gasteiger charge is -2.32. The zero-order valence-corrected chi connectivity index (χ0v) is 11.8. The summed E-state index contributed by atoms with van der Waals surface area (Å²) in [4.78, 5) is 2.28. The van der Waals surface area contributed by atoms with Crippen molar-refractivity contribution >= 4 is 28.9 Å². The molecule has 2 nitrogen and oxygen atoms in total. The molecule has 0 amide bonds. The second kappa shape index (κ2) is 5.05. The fraction of sp³-hybridized carbons (Fsp3) is 0.538. The molecule has 94 valence electrons. The van der Waals surface area contributed by atoms with Gasteiger partial charge in [0.1, 0.15) is 0 Å². The average Bonchev–Trinajstić information content (AvgIpc) is 2.39. The van der Waals surface area contributed by atoms with Crippen LogP contribution in [0.4, 0.5) is 5.69 Å². The second-order valence-electron chi connectivity index (χ2n) is 5.16. The normalized spacial score (nSPS) is 20.1. The first-order valence-corrected chi connectivity index (χ1v) is 6.69. The van der Waals surface area contributed by atoms with Crippen LogP contribution >= 0.6 is 23.2 Å². The van der Waals surface area contributed by atoms with Gasteiger partial charge in [-0.05, 0) is 38.9 Å². The van der Waals surface area contributed by atoms with Crippen LogP contribution in [0.3, 0.4) is 0 Å². The summed E-state index contributed by atoms with van der Waals surface area (Å²) in [6.07, 6.45) is 1.10. The fourth-order valence-electron chi connectivity index (χ4n) is 2.29. The minimum absolute atomic E-state index is 0.0823. The molecule has 1 saturated heterocycles. The lowest BCUT2D eigenvalue weighted by atomic mass is 10.1. The van der Waals surface area contributed by atoms with Crippen molar-refractivity contribution in [1.82, 2.24) is 5.32 Å². The van der Waals surface area contributed by atoms with E-state index in [1.54, 1.807) is 0 Å². The summed E-state index contributed by atoms with van der Waals surface area (Å²) >= 11 is 12.5. The molecule has 1 aliphatic rings.